The Balaban J connectivity index is 1.64. The molecule has 0 bridgehead atoms. The van der Waals surface area contributed by atoms with Crippen LogP contribution in [0.4, 0.5) is 0 Å². The normalized spacial score (nSPS) is 27.1. The van der Waals surface area contributed by atoms with Gasteiger partial charge in [0, 0.05) is 18.6 Å². The molecule has 0 spiro atoms. The summed E-state index contributed by atoms with van der Waals surface area (Å²) in [7, 11) is 0. The standard InChI is InChI=1S/C14H19NO2/c15-14-4-1-11-7-12(2-3-13(11)14)17-9-10-5-6-16-8-10/h2-3,7,10,14H,1,4-6,8-9,15H2. The fraction of sp³-hybridized carbons (Fsp3) is 0.571. The number of hydrogen-bond donors (Lipinski definition) is 1. The molecule has 0 amide bonds. The molecule has 1 fully saturated rings. The van der Waals surface area contributed by atoms with Gasteiger partial charge in [0.15, 0.2) is 0 Å². The molecule has 3 rings (SSSR count). The summed E-state index contributed by atoms with van der Waals surface area (Å²) in [5.41, 5.74) is 8.66. The average Bonchev–Trinajstić information content (AvgIpc) is 2.97. The van der Waals surface area contributed by atoms with Crippen molar-refractivity contribution in [1.29, 1.82) is 0 Å². The maximum Gasteiger partial charge on any atom is 0.119 e. The summed E-state index contributed by atoms with van der Waals surface area (Å²) < 4.78 is 11.2. The van der Waals surface area contributed by atoms with Gasteiger partial charge in [-0.25, -0.2) is 0 Å². The summed E-state index contributed by atoms with van der Waals surface area (Å²) >= 11 is 0. The van der Waals surface area contributed by atoms with Gasteiger partial charge in [0.05, 0.1) is 13.2 Å². The van der Waals surface area contributed by atoms with Crippen LogP contribution in [0.1, 0.15) is 30.0 Å². The number of benzene rings is 1. The number of fused-ring (bicyclic) bond motifs is 1. The lowest BCUT2D eigenvalue weighted by molar-refractivity contribution is 0.167. The van der Waals surface area contributed by atoms with E-state index in [0.717, 1.165) is 44.8 Å². The van der Waals surface area contributed by atoms with Gasteiger partial charge in [-0.3, -0.25) is 0 Å². The van der Waals surface area contributed by atoms with Crippen LogP contribution in [0.2, 0.25) is 0 Å². The molecule has 3 nitrogen and oxygen atoms in total. The largest absolute Gasteiger partial charge is 0.493 e. The second-order valence-electron chi connectivity index (χ2n) is 5.05. The molecule has 1 aliphatic carbocycles. The van der Waals surface area contributed by atoms with E-state index in [1.807, 2.05) is 6.07 Å². The summed E-state index contributed by atoms with van der Waals surface area (Å²) in [6, 6.07) is 6.54. The molecule has 0 aromatic heterocycles. The first-order chi connectivity index (χ1) is 8.33. The van der Waals surface area contributed by atoms with E-state index < -0.39 is 0 Å². The van der Waals surface area contributed by atoms with E-state index in [9.17, 15) is 0 Å². The van der Waals surface area contributed by atoms with Crippen LogP contribution >= 0.6 is 0 Å². The van der Waals surface area contributed by atoms with Gasteiger partial charge in [0.25, 0.3) is 0 Å². The molecule has 92 valence electrons. The minimum Gasteiger partial charge on any atom is -0.493 e. The van der Waals surface area contributed by atoms with Crippen LogP contribution in [0, 0.1) is 5.92 Å². The highest BCUT2D eigenvalue weighted by Crippen LogP contribution is 2.32. The molecule has 2 aliphatic rings. The molecule has 0 radical (unpaired) electrons. The van der Waals surface area contributed by atoms with E-state index in [-0.39, 0.29) is 6.04 Å². The average molecular weight is 233 g/mol. The summed E-state index contributed by atoms with van der Waals surface area (Å²) in [6.07, 6.45) is 3.27. The smallest absolute Gasteiger partial charge is 0.119 e. The van der Waals surface area contributed by atoms with Crippen molar-refractivity contribution in [3.63, 3.8) is 0 Å². The molecule has 17 heavy (non-hydrogen) atoms. The third kappa shape index (κ3) is 2.31. The lowest BCUT2D eigenvalue weighted by Crippen LogP contribution is -2.11. The molecule has 1 heterocycles. The Morgan fingerprint density at radius 3 is 3.12 bits per heavy atom. The number of rotatable bonds is 3. The maximum atomic E-state index is 6.01. The molecule has 1 aliphatic heterocycles. The minimum atomic E-state index is 0.224. The Labute approximate surface area is 102 Å². The number of nitrogens with two attached hydrogens (primary N) is 1. The predicted octanol–water partition coefficient (Wildman–Crippen LogP) is 2.05. The summed E-state index contributed by atoms with van der Waals surface area (Å²) in [6.45, 7) is 2.49. The first kappa shape index (κ1) is 11.1. The molecule has 2 N–H and O–H groups in total. The first-order valence-corrected chi connectivity index (χ1v) is 6.42. The second-order valence-corrected chi connectivity index (χ2v) is 5.05. The molecule has 2 unspecified atom stereocenters. The van der Waals surface area contributed by atoms with Gasteiger partial charge >= 0.3 is 0 Å². The highest BCUT2D eigenvalue weighted by atomic mass is 16.5. The van der Waals surface area contributed by atoms with Crippen LogP contribution in [-0.4, -0.2) is 19.8 Å². The van der Waals surface area contributed by atoms with E-state index in [2.05, 4.69) is 12.1 Å². The van der Waals surface area contributed by atoms with Crippen molar-refractivity contribution in [1.82, 2.24) is 0 Å². The Kier molecular flexibility index (Phi) is 3.04. The van der Waals surface area contributed by atoms with Gasteiger partial charge in [0.2, 0.25) is 0 Å². The molecule has 2 atom stereocenters. The molecule has 1 aromatic carbocycles. The zero-order valence-corrected chi connectivity index (χ0v) is 10.0. The van der Waals surface area contributed by atoms with Gasteiger partial charge in [-0.15, -0.1) is 0 Å². The van der Waals surface area contributed by atoms with E-state index in [0.29, 0.717) is 5.92 Å². The Bertz CT molecular complexity index is 399. The quantitative estimate of drug-likeness (QED) is 0.869. The number of aryl methyl sites for hydroxylation is 1. The third-order valence-electron chi connectivity index (χ3n) is 3.75. The van der Waals surface area contributed by atoms with Crippen molar-refractivity contribution >= 4 is 0 Å². The summed E-state index contributed by atoms with van der Waals surface area (Å²) in [5, 5.41) is 0. The Morgan fingerprint density at radius 1 is 1.35 bits per heavy atom. The van der Waals surface area contributed by atoms with Crippen molar-refractivity contribution in [2.75, 3.05) is 19.8 Å². The van der Waals surface area contributed by atoms with Crippen LogP contribution < -0.4 is 10.5 Å². The highest BCUT2D eigenvalue weighted by molar-refractivity contribution is 5.40. The van der Waals surface area contributed by atoms with Crippen molar-refractivity contribution in [2.45, 2.75) is 25.3 Å². The summed E-state index contributed by atoms with van der Waals surface area (Å²) in [4.78, 5) is 0. The van der Waals surface area contributed by atoms with Gasteiger partial charge in [-0.1, -0.05) is 6.07 Å². The van der Waals surface area contributed by atoms with Crippen molar-refractivity contribution in [3.8, 4) is 5.75 Å². The molecule has 1 saturated heterocycles. The van der Waals surface area contributed by atoms with E-state index in [1.54, 1.807) is 0 Å². The molecule has 0 saturated carbocycles. The van der Waals surface area contributed by atoms with Crippen LogP contribution in [0.3, 0.4) is 0 Å². The number of hydrogen-bond acceptors (Lipinski definition) is 3. The second kappa shape index (κ2) is 4.67. The molecule has 1 aromatic rings. The van der Waals surface area contributed by atoms with E-state index in [4.69, 9.17) is 15.2 Å². The van der Waals surface area contributed by atoms with Gasteiger partial charge in [-0.2, -0.15) is 0 Å². The Hall–Kier alpha value is -1.06. The van der Waals surface area contributed by atoms with E-state index in [1.165, 1.54) is 11.1 Å². The fourth-order valence-electron chi connectivity index (χ4n) is 2.65. The lowest BCUT2D eigenvalue weighted by atomic mass is 10.1. The predicted molar refractivity (Wildman–Crippen MR) is 66.1 cm³/mol. The topological polar surface area (TPSA) is 44.5 Å². The van der Waals surface area contributed by atoms with Crippen LogP contribution in [0.25, 0.3) is 0 Å². The fourth-order valence-corrected chi connectivity index (χ4v) is 2.65. The van der Waals surface area contributed by atoms with Crippen molar-refractivity contribution in [2.24, 2.45) is 11.7 Å². The maximum absolute atomic E-state index is 6.01. The first-order valence-electron chi connectivity index (χ1n) is 6.42. The highest BCUT2D eigenvalue weighted by Gasteiger charge is 2.20. The van der Waals surface area contributed by atoms with Crippen LogP contribution in [-0.2, 0) is 11.2 Å². The monoisotopic (exact) mass is 233 g/mol. The van der Waals surface area contributed by atoms with Gasteiger partial charge in [-0.05, 0) is 42.5 Å². The molecular formula is C14H19NO2. The lowest BCUT2D eigenvalue weighted by Gasteiger charge is -2.12. The van der Waals surface area contributed by atoms with Gasteiger partial charge < -0.3 is 15.2 Å². The summed E-state index contributed by atoms with van der Waals surface area (Å²) in [5.74, 6) is 1.54. The van der Waals surface area contributed by atoms with E-state index >= 15 is 0 Å². The number of ether oxygens (including phenoxy) is 2. The van der Waals surface area contributed by atoms with Crippen molar-refractivity contribution in [3.05, 3.63) is 29.3 Å². The van der Waals surface area contributed by atoms with Gasteiger partial charge in [0.1, 0.15) is 5.75 Å². The third-order valence-corrected chi connectivity index (χ3v) is 3.75. The zero-order chi connectivity index (χ0) is 11.7. The SMILES string of the molecule is NC1CCc2cc(OCC3CCOC3)ccc21. The molecular weight excluding hydrogens is 214 g/mol. The Morgan fingerprint density at radius 2 is 2.29 bits per heavy atom. The minimum absolute atomic E-state index is 0.224. The van der Waals surface area contributed by atoms with Crippen molar-refractivity contribution < 1.29 is 9.47 Å². The van der Waals surface area contributed by atoms with Crippen LogP contribution in [0.15, 0.2) is 18.2 Å². The van der Waals surface area contributed by atoms with Crippen LogP contribution in [0.5, 0.6) is 5.75 Å². The molecule has 3 heteroatoms. The zero-order valence-electron chi connectivity index (χ0n) is 10.0.